The summed E-state index contributed by atoms with van der Waals surface area (Å²) in [7, 11) is 0. The van der Waals surface area contributed by atoms with Gasteiger partial charge in [0.2, 0.25) is 0 Å². The number of phenols is 1. The third-order valence-corrected chi connectivity index (χ3v) is 6.23. The molecule has 2 saturated heterocycles. The Balaban J connectivity index is 1.41. The van der Waals surface area contributed by atoms with E-state index in [1.807, 2.05) is 17.0 Å². The first kappa shape index (κ1) is 16.9. The number of amides is 1. The summed E-state index contributed by atoms with van der Waals surface area (Å²) in [5.74, 6) is 0.777. The number of nitrogens with zero attached hydrogens (tertiary/aromatic N) is 2. The van der Waals surface area contributed by atoms with E-state index in [-0.39, 0.29) is 11.7 Å². The van der Waals surface area contributed by atoms with E-state index < -0.39 is 0 Å². The van der Waals surface area contributed by atoms with E-state index in [4.69, 9.17) is 0 Å². The fraction of sp³-hybridized carbons (Fsp3) is 0.667. The van der Waals surface area contributed by atoms with Gasteiger partial charge in [-0.05, 0) is 87.2 Å². The zero-order valence-electron chi connectivity index (χ0n) is 15.2. The number of hydrogen-bond donors (Lipinski definition) is 1. The van der Waals surface area contributed by atoms with Crippen molar-refractivity contribution < 1.29 is 9.90 Å². The number of rotatable bonds is 3. The molecule has 0 saturated carbocycles. The lowest BCUT2D eigenvalue weighted by atomic mass is 9.89. The summed E-state index contributed by atoms with van der Waals surface area (Å²) < 4.78 is 0. The third-order valence-electron chi connectivity index (χ3n) is 6.23. The Morgan fingerprint density at radius 1 is 1.00 bits per heavy atom. The average Bonchev–Trinajstić information content (AvgIpc) is 3.10. The Kier molecular flexibility index (Phi) is 4.98. The maximum atomic E-state index is 12.9. The molecule has 0 aromatic heterocycles. The predicted octanol–water partition coefficient (Wildman–Crippen LogP) is 3.22. The first-order chi connectivity index (χ1) is 12.2. The summed E-state index contributed by atoms with van der Waals surface area (Å²) in [5, 5.41) is 10.4. The van der Waals surface area contributed by atoms with Gasteiger partial charge in [-0.2, -0.15) is 0 Å². The molecule has 2 fully saturated rings. The number of benzene rings is 1. The number of carbonyl (C=O) groups is 1. The highest BCUT2D eigenvalue weighted by atomic mass is 16.3. The van der Waals surface area contributed by atoms with Crippen molar-refractivity contribution in [2.75, 3.05) is 32.7 Å². The van der Waals surface area contributed by atoms with Gasteiger partial charge < -0.3 is 14.9 Å². The molecule has 1 atom stereocenters. The quantitative estimate of drug-likeness (QED) is 0.917. The SMILES string of the molecule is O=C(c1cc2c(cc1O)CCCC2)N1CC[C@H](CN2CCCCC2)C1. The van der Waals surface area contributed by atoms with E-state index in [2.05, 4.69) is 4.90 Å². The highest BCUT2D eigenvalue weighted by Crippen LogP contribution is 2.30. The van der Waals surface area contributed by atoms with E-state index >= 15 is 0 Å². The van der Waals surface area contributed by atoms with Crippen molar-refractivity contribution in [2.24, 2.45) is 5.92 Å². The van der Waals surface area contributed by atoms with Gasteiger partial charge in [0.1, 0.15) is 5.75 Å². The fourth-order valence-corrected chi connectivity index (χ4v) is 4.79. The van der Waals surface area contributed by atoms with Crippen LogP contribution in [-0.4, -0.2) is 53.5 Å². The van der Waals surface area contributed by atoms with Gasteiger partial charge in [0.15, 0.2) is 0 Å². The zero-order chi connectivity index (χ0) is 17.2. The molecule has 1 aromatic rings. The molecule has 4 nitrogen and oxygen atoms in total. The molecule has 25 heavy (non-hydrogen) atoms. The molecule has 0 bridgehead atoms. The second kappa shape index (κ2) is 7.36. The number of aryl methyl sites for hydroxylation is 2. The standard InChI is InChI=1S/C21H30N2O2/c24-20-13-18-7-3-2-6-17(18)12-19(20)21(25)23-11-8-16(15-23)14-22-9-4-1-5-10-22/h12-13,16,24H,1-11,14-15H2/t16-/m1/s1. The lowest BCUT2D eigenvalue weighted by molar-refractivity contribution is 0.0779. The lowest BCUT2D eigenvalue weighted by Crippen LogP contribution is -2.36. The van der Waals surface area contributed by atoms with Crippen LogP contribution in [0.3, 0.4) is 0 Å². The Bertz CT molecular complexity index is 637. The van der Waals surface area contributed by atoms with Crippen LogP contribution in [0.5, 0.6) is 5.75 Å². The van der Waals surface area contributed by atoms with E-state index in [0.29, 0.717) is 11.5 Å². The molecule has 0 spiro atoms. The second-order valence-corrected chi connectivity index (χ2v) is 8.11. The van der Waals surface area contributed by atoms with Gasteiger partial charge in [0.05, 0.1) is 5.56 Å². The number of hydrogen-bond acceptors (Lipinski definition) is 3. The third kappa shape index (κ3) is 3.69. The maximum absolute atomic E-state index is 12.9. The van der Waals surface area contributed by atoms with Crippen molar-refractivity contribution in [1.29, 1.82) is 0 Å². The number of aromatic hydroxyl groups is 1. The second-order valence-electron chi connectivity index (χ2n) is 8.11. The monoisotopic (exact) mass is 342 g/mol. The zero-order valence-corrected chi connectivity index (χ0v) is 15.2. The van der Waals surface area contributed by atoms with Crippen LogP contribution in [-0.2, 0) is 12.8 Å². The molecule has 1 N–H and O–H groups in total. The maximum Gasteiger partial charge on any atom is 0.257 e. The average molecular weight is 342 g/mol. The molecule has 3 aliphatic rings. The minimum atomic E-state index is 0.0204. The van der Waals surface area contributed by atoms with Gasteiger partial charge in [-0.3, -0.25) is 4.79 Å². The van der Waals surface area contributed by atoms with Crippen molar-refractivity contribution in [3.05, 3.63) is 28.8 Å². The van der Waals surface area contributed by atoms with Crippen LogP contribution >= 0.6 is 0 Å². The topological polar surface area (TPSA) is 43.8 Å². The van der Waals surface area contributed by atoms with Crippen molar-refractivity contribution in [3.63, 3.8) is 0 Å². The minimum absolute atomic E-state index is 0.0204. The fourth-order valence-electron chi connectivity index (χ4n) is 4.79. The van der Waals surface area contributed by atoms with E-state index in [1.165, 1.54) is 56.3 Å². The molecule has 2 aliphatic heterocycles. The molecular weight excluding hydrogens is 312 g/mol. The van der Waals surface area contributed by atoms with Crippen molar-refractivity contribution in [2.45, 2.75) is 51.4 Å². The van der Waals surface area contributed by atoms with Gasteiger partial charge >= 0.3 is 0 Å². The summed E-state index contributed by atoms with van der Waals surface area (Å²) in [4.78, 5) is 17.5. The first-order valence-corrected chi connectivity index (χ1v) is 10.1. The van der Waals surface area contributed by atoms with Crippen molar-refractivity contribution >= 4 is 5.91 Å². The van der Waals surface area contributed by atoms with E-state index in [9.17, 15) is 9.90 Å². The summed E-state index contributed by atoms with van der Waals surface area (Å²) in [6.07, 6.45) is 9.53. The molecule has 0 unspecified atom stereocenters. The van der Waals surface area contributed by atoms with Crippen LogP contribution < -0.4 is 0 Å². The van der Waals surface area contributed by atoms with Crippen LogP contribution in [0, 0.1) is 5.92 Å². The number of likely N-dealkylation sites (tertiary alicyclic amines) is 2. The molecule has 4 heteroatoms. The van der Waals surface area contributed by atoms with Crippen LogP contribution in [0.4, 0.5) is 0 Å². The molecule has 1 aromatic carbocycles. The van der Waals surface area contributed by atoms with Gasteiger partial charge in [-0.25, -0.2) is 0 Å². The van der Waals surface area contributed by atoms with Crippen LogP contribution in [0.2, 0.25) is 0 Å². The summed E-state index contributed by atoms with van der Waals surface area (Å²) in [5.41, 5.74) is 3.00. The highest BCUT2D eigenvalue weighted by molar-refractivity contribution is 5.97. The van der Waals surface area contributed by atoms with E-state index in [1.54, 1.807) is 0 Å². The van der Waals surface area contributed by atoms with Crippen molar-refractivity contribution in [1.82, 2.24) is 9.80 Å². The van der Waals surface area contributed by atoms with Crippen LogP contribution in [0.1, 0.15) is 60.0 Å². The molecule has 4 rings (SSSR count). The van der Waals surface area contributed by atoms with Crippen LogP contribution in [0.15, 0.2) is 12.1 Å². The molecule has 136 valence electrons. The molecular formula is C21H30N2O2. The number of phenolic OH excluding ortho intramolecular Hbond substituents is 1. The first-order valence-electron chi connectivity index (χ1n) is 10.1. The van der Waals surface area contributed by atoms with Gasteiger partial charge in [-0.1, -0.05) is 6.42 Å². The molecule has 1 aliphatic carbocycles. The molecule has 2 heterocycles. The predicted molar refractivity (Wildman–Crippen MR) is 99.1 cm³/mol. The Morgan fingerprint density at radius 2 is 1.72 bits per heavy atom. The smallest absolute Gasteiger partial charge is 0.257 e. The summed E-state index contributed by atoms with van der Waals surface area (Å²) >= 11 is 0. The minimum Gasteiger partial charge on any atom is -0.507 e. The van der Waals surface area contributed by atoms with Crippen LogP contribution in [0.25, 0.3) is 0 Å². The van der Waals surface area contributed by atoms with Crippen molar-refractivity contribution in [3.8, 4) is 5.75 Å². The van der Waals surface area contributed by atoms with Gasteiger partial charge in [0, 0.05) is 19.6 Å². The Labute approximate surface area is 150 Å². The lowest BCUT2D eigenvalue weighted by Gasteiger charge is -2.29. The molecule has 0 radical (unpaired) electrons. The summed E-state index contributed by atoms with van der Waals surface area (Å²) in [6, 6.07) is 3.80. The number of carbonyl (C=O) groups excluding carboxylic acids is 1. The Morgan fingerprint density at radius 3 is 2.48 bits per heavy atom. The number of piperidine rings is 1. The molecule has 1 amide bonds. The Hall–Kier alpha value is -1.55. The number of fused-ring (bicyclic) bond motifs is 1. The largest absolute Gasteiger partial charge is 0.507 e. The summed E-state index contributed by atoms with van der Waals surface area (Å²) in [6.45, 7) is 5.23. The normalized spacial score (nSPS) is 24.3. The van der Waals surface area contributed by atoms with Gasteiger partial charge in [-0.15, -0.1) is 0 Å². The van der Waals surface area contributed by atoms with Gasteiger partial charge in [0.25, 0.3) is 5.91 Å². The van der Waals surface area contributed by atoms with E-state index in [0.717, 1.165) is 38.9 Å². The highest BCUT2D eigenvalue weighted by Gasteiger charge is 2.30.